The Morgan fingerprint density at radius 2 is 1.70 bits per heavy atom. The van der Waals surface area contributed by atoms with Gasteiger partial charge in [-0.25, -0.2) is 0 Å². The zero-order chi connectivity index (χ0) is 14.8. The lowest BCUT2D eigenvalue weighted by Crippen LogP contribution is -2.48. The van der Waals surface area contributed by atoms with E-state index in [2.05, 4.69) is 0 Å². The molecular formula is C16H27NO3. The third-order valence-electron chi connectivity index (χ3n) is 5.26. The van der Waals surface area contributed by atoms with Crippen molar-refractivity contribution < 1.29 is 14.7 Å². The average Bonchev–Trinajstić information content (AvgIpc) is 2.47. The fourth-order valence-electron chi connectivity index (χ4n) is 3.55. The summed E-state index contributed by atoms with van der Waals surface area (Å²) in [6.45, 7) is 5.00. The Bertz CT molecular complexity index is 372. The first-order valence-electron chi connectivity index (χ1n) is 7.95. The van der Waals surface area contributed by atoms with Crippen LogP contribution in [0, 0.1) is 17.3 Å². The second-order valence-electron chi connectivity index (χ2n) is 6.99. The number of aliphatic carboxylic acids is 1. The molecule has 2 rings (SSSR count). The van der Waals surface area contributed by atoms with Crippen LogP contribution in [0.5, 0.6) is 0 Å². The SMILES string of the molecule is CC(C)(C(=O)O)C1CCCN(C(=O)C2CCCCC2)C1. The molecule has 1 aliphatic heterocycles. The molecular weight excluding hydrogens is 254 g/mol. The van der Waals surface area contributed by atoms with E-state index in [1.54, 1.807) is 13.8 Å². The van der Waals surface area contributed by atoms with E-state index < -0.39 is 11.4 Å². The van der Waals surface area contributed by atoms with E-state index in [0.29, 0.717) is 6.54 Å². The number of nitrogens with zero attached hydrogens (tertiary/aromatic N) is 1. The molecule has 4 nitrogen and oxygen atoms in total. The average molecular weight is 281 g/mol. The van der Waals surface area contributed by atoms with Crippen LogP contribution in [0.4, 0.5) is 0 Å². The standard InChI is InChI=1S/C16H27NO3/c1-16(2,15(19)20)13-9-6-10-17(11-13)14(18)12-7-4-3-5-8-12/h12-13H,3-11H2,1-2H3,(H,19,20). The summed E-state index contributed by atoms with van der Waals surface area (Å²) in [4.78, 5) is 25.9. The lowest BCUT2D eigenvalue weighted by Gasteiger charge is -2.40. The van der Waals surface area contributed by atoms with Crippen molar-refractivity contribution in [1.29, 1.82) is 0 Å². The number of carboxylic acids is 1. The smallest absolute Gasteiger partial charge is 0.309 e. The Kier molecular flexibility index (Phi) is 4.71. The maximum Gasteiger partial charge on any atom is 0.309 e. The van der Waals surface area contributed by atoms with Crippen LogP contribution in [0.15, 0.2) is 0 Å². The van der Waals surface area contributed by atoms with Crippen LogP contribution < -0.4 is 0 Å². The fraction of sp³-hybridized carbons (Fsp3) is 0.875. The van der Waals surface area contributed by atoms with E-state index >= 15 is 0 Å². The van der Waals surface area contributed by atoms with Gasteiger partial charge in [0.2, 0.25) is 5.91 Å². The summed E-state index contributed by atoms with van der Waals surface area (Å²) in [5.41, 5.74) is -0.745. The number of likely N-dealkylation sites (tertiary alicyclic amines) is 1. The number of hydrogen-bond donors (Lipinski definition) is 1. The van der Waals surface area contributed by atoms with Crippen molar-refractivity contribution in [2.75, 3.05) is 13.1 Å². The molecule has 1 atom stereocenters. The minimum atomic E-state index is -0.755. The molecule has 114 valence electrons. The summed E-state index contributed by atoms with van der Waals surface area (Å²) in [6.07, 6.45) is 7.44. The summed E-state index contributed by atoms with van der Waals surface area (Å²) in [6, 6.07) is 0. The largest absolute Gasteiger partial charge is 0.481 e. The number of carbonyl (C=O) groups excluding carboxylic acids is 1. The van der Waals surface area contributed by atoms with E-state index in [1.807, 2.05) is 4.90 Å². The van der Waals surface area contributed by atoms with Gasteiger partial charge >= 0.3 is 5.97 Å². The molecule has 0 aromatic rings. The number of hydrogen-bond acceptors (Lipinski definition) is 2. The van der Waals surface area contributed by atoms with Crippen LogP contribution in [-0.2, 0) is 9.59 Å². The van der Waals surface area contributed by atoms with E-state index in [4.69, 9.17) is 0 Å². The van der Waals surface area contributed by atoms with E-state index in [-0.39, 0.29) is 17.7 Å². The van der Waals surface area contributed by atoms with Crippen molar-refractivity contribution in [2.45, 2.75) is 58.8 Å². The third-order valence-corrected chi connectivity index (χ3v) is 5.26. The highest BCUT2D eigenvalue weighted by atomic mass is 16.4. The van der Waals surface area contributed by atoms with Gasteiger partial charge in [0.05, 0.1) is 5.41 Å². The third kappa shape index (κ3) is 3.15. The molecule has 1 amide bonds. The van der Waals surface area contributed by atoms with Gasteiger partial charge in [0.15, 0.2) is 0 Å². The lowest BCUT2D eigenvalue weighted by atomic mass is 9.74. The zero-order valence-electron chi connectivity index (χ0n) is 12.7. The molecule has 0 aromatic heterocycles. The molecule has 1 heterocycles. The summed E-state index contributed by atoms with van der Waals surface area (Å²) >= 11 is 0. The Morgan fingerprint density at radius 1 is 1.05 bits per heavy atom. The maximum absolute atomic E-state index is 12.6. The van der Waals surface area contributed by atoms with E-state index in [0.717, 1.165) is 45.1 Å². The predicted octanol–water partition coefficient (Wildman–Crippen LogP) is 2.92. The zero-order valence-corrected chi connectivity index (χ0v) is 12.7. The monoisotopic (exact) mass is 281 g/mol. The summed E-state index contributed by atoms with van der Waals surface area (Å²) in [5, 5.41) is 9.36. The topological polar surface area (TPSA) is 57.6 Å². The molecule has 4 heteroatoms. The molecule has 1 saturated heterocycles. The van der Waals surface area contributed by atoms with Crippen LogP contribution in [0.25, 0.3) is 0 Å². The van der Waals surface area contributed by atoms with Gasteiger partial charge < -0.3 is 10.0 Å². The Labute approximate surface area is 121 Å². The molecule has 0 aromatic carbocycles. The molecule has 0 bridgehead atoms. The Morgan fingerprint density at radius 3 is 2.30 bits per heavy atom. The molecule has 1 unspecified atom stereocenters. The molecule has 20 heavy (non-hydrogen) atoms. The number of rotatable bonds is 3. The van der Waals surface area contributed by atoms with E-state index in [9.17, 15) is 14.7 Å². The number of carboxylic acid groups (broad SMARTS) is 1. The van der Waals surface area contributed by atoms with Gasteiger partial charge in [0.25, 0.3) is 0 Å². The first-order valence-corrected chi connectivity index (χ1v) is 7.95. The van der Waals surface area contributed by atoms with Crippen molar-refractivity contribution in [3.8, 4) is 0 Å². The minimum Gasteiger partial charge on any atom is -0.481 e. The van der Waals surface area contributed by atoms with Crippen molar-refractivity contribution in [1.82, 2.24) is 4.90 Å². The first-order chi connectivity index (χ1) is 9.43. The molecule has 1 N–H and O–H groups in total. The van der Waals surface area contributed by atoms with Crippen molar-refractivity contribution in [3.63, 3.8) is 0 Å². The maximum atomic E-state index is 12.6. The van der Waals surface area contributed by atoms with Crippen LogP contribution in [0.2, 0.25) is 0 Å². The van der Waals surface area contributed by atoms with Crippen molar-refractivity contribution in [3.05, 3.63) is 0 Å². The van der Waals surface area contributed by atoms with Crippen LogP contribution in [0.3, 0.4) is 0 Å². The first kappa shape index (κ1) is 15.3. The number of piperidine rings is 1. The highest BCUT2D eigenvalue weighted by Crippen LogP contribution is 2.35. The van der Waals surface area contributed by atoms with Gasteiger partial charge in [-0.1, -0.05) is 19.3 Å². The van der Waals surface area contributed by atoms with E-state index in [1.165, 1.54) is 6.42 Å². The molecule has 0 spiro atoms. The fourth-order valence-corrected chi connectivity index (χ4v) is 3.55. The van der Waals surface area contributed by atoms with Gasteiger partial charge in [-0.3, -0.25) is 9.59 Å². The second kappa shape index (κ2) is 6.15. The van der Waals surface area contributed by atoms with Gasteiger partial charge in [-0.05, 0) is 45.4 Å². The molecule has 1 saturated carbocycles. The summed E-state index contributed by atoms with van der Waals surface area (Å²) in [7, 11) is 0. The van der Waals surface area contributed by atoms with Gasteiger partial charge in [0.1, 0.15) is 0 Å². The van der Waals surface area contributed by atoms with Gasteiger partial charge in [-0.2, -0.15) is 0 Å². The van der Waals surface area contributed by atoms with Crippen LogP contribution in [0.1, 0.15) is 58.8 Å². The van der Waals surface area contributed by atoms with Crippen LogP contribution in [-0.4, -0.2) is 35.0 Å². The van der Waals surface area contributed by atoms with Gasteiger partial charge in [0, 0.05) is 19.0 Å². The summed E-state index contributed by atoms with van der Waals surface area (Å²) < 4.78 is 0. The molecule has 1 aliphatic carbocycles. The van der Waals surface area contributed by atoms with Crippen molar-refractivity contribution in [2.24, 2.45) is 17.3 Å². The number of amides is 1. The minimum absolute atomic E-state index is 0.0706. The summed E-state index contributed by atoms with van der Waals surface area (Å²) in [5.74, 6) is -0.221. The Hall–Kier alpha value is -1.06. The second-order valence-corrected chi connectivity index (χ2v) is 6.99. The number of carbonyl (C=O) groups is 2. The molecule has 2 fully saturated rings. The Balaban J connectivity index is 1.99. The molecule has 0 radical (unpaired) electrons. The highest BCUT2D eigenvalue weighted by Gasteiger charge is 2.40. The van der Waals surface area contributed by atoms with Crippen LogP contribution >= 0.6 is 0 Å². The quantitative estimate of drug-likeness (QED) is 0.865. The predicted molar refractivity (Wildman–Crippen MR) is 77.3 cm³/mol. The van der Waals surface area contributed by atoms with Crippen molar-refractivity contribution >= 4 is 11.9 Å². The van der Waals surface area contributed by atoms with Gasteiger partial charge in [-0.15, -0.1) is 0 Å². The highest BCUT2D eigenvalue weighted by molar-refractivity contribution is 5.79. The molecule has 2 aliphatic rings. The lowest BCUT2D eigenvalue weighted by molar-refractivity contribution is -0.154. The normalized spacial score (nSPS) is 25.5.